The van der Waals surface area contributed by atoms with E-state index in [2.05, 4.69) is 9.97 Å². The van der Waals surface area contributed by atoms with Crippen molar-refractivity contribution in [3.8, 4) is 0 Å². The van der Waals surface area contributed by atoms with Gasteiger partial charge in [-0.15, -0.1) is 11.6 Å². The third-order valence-electron chi connectivity index (χ3n) is 3.08. The van der Waals surface area contributed by atoms with Gasteiger partial charge in [0.15, 0.2) is 5.82 Å². The number of halogens is 2. The Morgan fingerprint density at radius 1 is 1.45 bits per heavy atom. The fraction of sp³-hybridized carbons (Fsp3) is 0.286. The van der Waals surface area contributed by atoms with Crippen molar-refractivity contribution < 1.29 is 8.81 Å². The van der Waals surface area contributed by atoms with Gasteiger partial charge in [0.25, 0.3) is 0 Å². The van der Waals surface area contributed by atoms with Crippen LogP contribution in [0.15, 0.2) is 28.8 Å². The van der Waals surface area contributed by atoms with E-state index in [1.54, 1.807) is 19.2 Å². The summed E-state index contributed by atoms with van der Waals surface area (Å²) in [5.41, 5.74) is 1.00. The molecule has 20 heavy (non-hydrogen) atoms. The van der Waals surface area contributed by atoms with Crippen molar-refractivity contribution in [2.45, 2.75) is 25.8 Å². The molecule has 0 aliphatic carbocycles. The van der Waals surface area contributed by atoms with E-state index in [4.69, 9.17) is 16.0 Å². The molecule has 4 nitrogen and oxygen atoms in total. The van der Waals surface area contributed by atoms with E-state index < -0.39 is 0 Å². The minimum absolute atomic E-state index is 0.318. The van der Waals surface area contributed by atoms with E-state index in [0.717, 1.165) is 5.76 Å². The average Bonchev–Trinajstić information content (AvgIpc) is 2.96. The summed E-state index contributed by atoms with van der Waals surface area (Å²) in [6.07, 6.45) is 1.65. The van der Waals surface area contributed by atoms with Gasteiger partial charge in [-0.2, -0.15) is 0 Å². The summed E-state index contributed by atoms with van der Waals surface area (Å²) in [6.45, 7) is 4.01. The van der Waals surface area contributed by atoms with Crippen molar-refractivity contribution in [2.24, 2.45) is 0 Å². The molecule has 3 rings (SSSR count). The summed E-state index contributed by atoms with van der Waals surface area (Å²) in [7, 11) is 0. The Bertz CT molecular complexity index is 763. The van der Waals surface area contributed by atoms with Crippen molar-refractivity contribution in [1.82, 2.24) is 14.5 Å². The van der Waals surface area contributed by atoms with Crippen LogP contribution in [0.3, 0.4) is 0 Å². The van der Waals surface area contributed by atoms with Gasteiger partial charge in [0.2, 0.25) is 5.89 Å². The number of para-hydroxylation sites is 1. The van der Waals surface area contributed by atoms with Crippen LogP contribution in [-0.4, -0.2) is 14.5 Å². The van der Waals surface area contributed by atoms with Gasteiger partial charge in [-0.25, -0.2) is 14.4 Å². The zero-order chi connectivity index (χ0) is 14.3. The number of oxazole rings is 1. The second-order valence-electron chi connectivity index (χ2n) is 4.64. The molecule has 0 amide bonds. The first-order chi connectivity index (χ1) is 9.56. The number of hydrogen-bond donors (Lipinski definition) is 0. The molecule has 0 bridgehead atoms. The number of aromatic nitrogens is 3. The molecule has 2 aromatic heterocycles. The summed E-state index contributed by atoms with van der Waals surface area (Å²) in [5, 5.41) is -0.335. The van der Waals surface area contributed by atoms with Crippen molar-refractivity contribution >= 4 is 22.6 Å². The second kappa shape index (κ2) is 4.90. The van der Waals surface area contributed by atoms with Crippen molar-refractivity contribution in [3.05, 3.63) is 47.7 Å². The summed E-state index contributed by atoms with van der Waals surface area (Å²) in [4.78, 5) is 8.47. The Morgan fingerprint density at radius 2 is 2.25 bits per heavy atom. The molecule has 6 heteroatoms. The number of aryl methyl sites for hydroxylation is 1. The Balaban J connectivity index is 2.16. The predicted octanol–water partition coefficient (Wildman–Crippen LogP) is 3.82. The molecule has 0 saturated heterocycles. The molecular formula is C14H13ClFN3O. The lowest BCUT2D eigenvalue weighted by atomic mass is 10.3. The maximum Gasteiger partial charge on any atom is 0.214 e. The summed E-state index contributed by atoms with van der Waals surface area (Å²) in [5.74, 6) is 1.52. The molecule has 0 radical (unpaired) electrons. The van der Waals surface area contributed by atoms with E-state index in [0.29, 0.717) is 29.3 Å². The minimum Gasteiger partial charge on any atom is -0.444 e. The molecule has 1 aromatic carbocycles. The second-order valence-corrected chi connectivity index (χ2v) is 5.30. The zero-order valence-corrected chi connectivity index (χ0v) is 11.9. The quantitative estimate of drug-likeness (QED) is 0.690. The molecule has 1 unspecified atom stereocenters. The SMILES string of the molecule is Cc1cnc(Cn2c(C(C)Cl)nc3c(F)cccc32)o1. The Kier molecular flexibility index (Phi) is 3.22. The fourth-order valence-corrected chi connectivity index (χ4v) is 2.38. The number of benzene rings is 1. The van der Waals surface area contributed by atoms with E-state index in [1.165, 1.54) is 6.07 Å². The first-order valence-electron chi connectivity index (χ1n) is 6.26. The molecule has 1 atom stereocenters. The van der Waals surface area contributed by atoms with Crippen molar-refractivity contribution in [1.29, 1.82) is 0 Å². The van der Waals surface area contributed by atoms with E-state index in [-0.39, 0.29) is 11.2 Å². The fourth-order valence-electron chi connectivity index (χ4n) is 2.21. The molecule has 0 aliphatic heterocycles. The zero-order valence-electron chi connectivity index (χ0n) is 11.1. The van der Waals surface area contributed by atoms with Crippen LogP contribution in [0.2, 0.25) is 0 Å². The predicted molar refractivity (Wildman–Crippen MR) is 74.3 cm³/mol. The summed E-state index contributed by atoms with van der Waals surface area (Å²) in [6, 6.07) is 4.85. The van der Waals surface area contributed by atoms with Gasteiger partial charge in [-0.3, -0.25) is 0 Å². The standard InChI is InChI=1S/C14H13ClFN3O/c1-8-6-17-12(20-8)7-19-11-5-3-4-10(16)13(11)18-14(19)9(2)15/h3-6,9H,7H2,1-2H3. The van der Waals surface area contributed by atoms with Crippen LogP contribution in [0, 0.1) is 12.7 Å². The van der Waals surface area contributed by atoms with Crippen LogP contribution < -0.4 is 0 Å². The molecule has 0 saturated carbocycles. The third kappa shape index (κ3) is 2.18. The van der Waals surface area contributed by atoms with E-state index in [9.17, 15) is 4.39 Å². The Labute approximate surface area is 120 Å². The van der Waals surface area contributed by atoms with Gasteiger partial charge in [0.1, 0.15) is 23.6 Å². The maximum absolute atomic E-state index is 13.8. The Morgan fingerprint density at radius 3 is 2.90 bits per heavy atom. The monoisotopic (exact) mass is 293 g/mol. The van der Waals surface area contributed by atoms with Crippen molar-refractivity contribution in [3.63, 3.8) is 0 Å². The first-order valence-corrected chi connectivity index (χ1v) is 6.70. The number of hydrogen-bond acceptors (Lipinski definition) is 3. The van der Waals surface area contributed by atoms with Crippen LogP contribution in [0.4, 0.5) is 4.39 Å². The lowest BCUT2D eigenvalue weighted by Crippen LogP contribution is -2.06. The highest BCUT2D eigenvalue weighted by Crippen LogP contribution is 2.26. The van der Waals surface area contributed by atoms with Gasteiger partial charge < -0.3 is 8.98 Å². The highest BCUT2D eigenvalue weighted by atomic mass is 35.5. The Hall–Kier alpha value is -1.88. The van der Waals surface area contributed by atoms with Gasteiger partial charge >= 0.3 is 0 Å². The topological polar surface area (TPSA) is 43.9 Å². The van der Waals surface area contributed by atoms with Crippen LogP contribution >= 0.6 is 11.6 Å². The summed E-state index contributed by atoms with van der Waals surface area (Å²) < 4.78 is 21.1. The highest BCUT2D eigenvalue weighted by Gasteiger charge is 2.18. The lowest BCUT2D eigenvalue weighted by molar-refractivity contribution is 0.456. The van der Waals surface area contributed by atoms with Crippen LogP contribution in [0.25, 0.3) is 11.0 Å². The molecular weight excluding hydrogens is 281 g/mol. The third-order valence-corrected chi connectivity index (χ3v) is 3.27. The molecule has 0 aliphatic rings. The molecule has 3 aromatic rings. The van der Waals surface area contributed by atoms with Gasteiger partial charge in [0, 0.05) is 0 Å². The smallest absolute Gasteiger partial charge is 0.214 e. The molecule has 0 fully saturated rings. The molecule has 0 spiro atoms. The van der Waals surface area contributed by atoms with E-state index >= 15 is 0 Å². The number of fused-ring (bicyclic) bond motifs is 1. The number of alkyl halides is 1. The van der Waals surface area contributed by atoms with Crippen LogP contribution in [-0.2, 0) is 6.54 Å². The van der Waals surface area contributed by atoms with Gasteiger partial charge in [0.05, 0.1) is 17.1 Å². The van der Waals surface area contributed by atoms with Gasteiger partial charge in [-0.05, 0) is 26.0 Å². The number of imidazole rings is 1. The highest BCUT2D eigenvalue weighted by molar-refractivity contribution is 6.20. The van der Waals surface area contributed by atoms with Gasteiger partial charge in [-0.1, -0.05) is 6.07 Å². The summed E-state index contributed by atoms with van der Waals surface area (Å²) >= 11 is 6.15. The average molecular weight is 294 g/mol. The maximum atomic E-state index is 13.8. The number of rotatable bonds is 3. The number of nitrogens with zero attached hydrogens (tertiary/aromatic N) is 3. The van der Waals surface area contributed by atoms with Crippen molar-refractivity contribution in [2.75, 3.05) is 0 Å². The molecule has 0 N–H and O–H groups in total. The lowest BCUT2D eigenvalue weighted by Gasteiger charge is -2.08. The van der Waals surface area contributed by atoms with Crippen LogP contribution in [0.1, 0.15) is 29.8 Å². The molecule has 104 valence electrons. The molecule has 2 heterocycles. The normalized spacial score (nSPS) is 13.0. The minimum atomic E-state index is -0.358. The largest absolute Gasteiger partial charge is 0.444 e. The van der Waals surface area contributed by atoms with Crippen LogP contribution in [0.5, 0.6) is 0 Å². The van der Waals surface area contributed by atoms with E-state index in [1.807, 2.05) is 17.6 Å². The first kappa shape index (κ1) is 13.1.